The third-order valence-electron chi connectivity index (χ3n) is 9.53. The number of nitrogens with zero attached hydrogens (tertiary/aromatic N) is 7. The van der Waals surface area contributed by atoms with E-state index in [1.807, 2.05) is 34.1 Å². The van der Waals surface area contributed by atoms with Crippen molar-refractivity contribution in [3.63, 3.8) is 0 Å². The molecule has 0 bridgehead atoms. The second kappa shape index (κ2) is 14.1. The number of carbonyl (C=O) groups excluding carboxylic acids is 2. The van der Waals surface area contributed by atoms with E-state index in [1.54, 1.807) is 43.8 Å². The summed E-state index contributed by atoms with van der Waals surface area (Å²) in [5.41, 5.74) is 1.72. The van der Waals surface area contributed by atoms with Crippen LogP contribution in [0.3, 0.4) is 0 Å². The van der Waals surface area contributed by atoms with Crippen LogP contribution in [0, 0.1) is 5.41 Å². The quantitative estimate of drug-likeness (QED) is 0.224. The number of alkyl halides is 3. The zero-order valence-corrected chi connectivity index (χ0v) is 27.9. The molecule has 2 N–H and O–H groups in total. The number of H-pyrrole nitrogens is 1. The highest BCUT2D eigenvalue weighted by atomic mass is 19.4. The molecule has 51 heavy (non-hydrogen) atoms. The van der Waals surface area contributed by atoms with Crippen LogP contribution in [0.2, 0.25) is 0 Å². The molecule has 1 atom stereocenters. The molecule has 0 spiro atoms. The van der Waals surface area contributed by atoms with E-state index in [4.69, 9.17) is 4.74 Å². The number of aromatic amines is 1. The lowest BCUT2D eigenvalue weighted by atomic mass is 9.87. The average molecular weight is 700 g/mol. The van der Waals surface area contributed by atoms with Gasteiger partial charge in [0.25, 0.3) is 0 Å². The number of halogens is 3. The molecular weight excluding hydrogens is 663 g/mol. The van der Waals surface area contributed by atoms with E-state index in [1.165, 1.54) is 6.07 Å². The Morgan fingerprint density at radius 3 is 2.41 bits per heavy atom. The summed E-state index contributed by atoms with van der Waals surface area (Å²) in [5.74, 6) is 0.432. The lowest BCUT2D eigenvalue weighted by molar-refractivity contribution is -0.141. The second-order valence-corrected chi connectivity index (χ2v) is 12.9. The fourth-order valence-electron chi connectivity index (χ4n) is 6.82. The summed E-state index contributed by atoms with van der Waals surface area (Å²) in [7, 11) is 1.54. The van der Waals surface area contributed by atoms with Gasteiger partial charge in [0.1, 0.15) is 11.4 Å². The number of hydrogen-bond donors (Lipinski definition) is 2. The van der Waals surface area contributed by atoms with E-state index in [-0.39, 0.29) is 30.5 Å². The Hall–Kier alpha value is -5.41. The van der Waals surface area contributed by atoms with Crippen molar-refractivity contribution in [2.75, 3.05) is 69.7 Å². The van der Waals surface area contributed by atoms with Crippen LogP contribution < -0.4 is 10.2 Å². The Bertz CT molecular complexity index is 2020. The van der Waals surface area contributed by atoms with E-state index in [0.29, 0.717) is 73.8 Å². The van der Waals surface area contributed by atoms with E-state index < -0.39 is 17.3 Å². The van der Waals surface area contributed by atoms with Crippen molar-refractivity contribution in [2.45, 2.75) is 12.6 Å². The highest BCUT2D eigenvalue weighted by Gasteiger charge is 2.45. The molecule has 1 unspecified atom stereocenters. The molecule has 5 aromatic rings. The van der Waals surface area contributed by atoms with E-state index >= 15 is 0 Å². The Labute approximate surface area is 291 Å². The smallest absolute Gasteiger partial charge is 0.384 e. The lowest BCUT2D eigenvalue weighted by Crippen LogP contribution is -2.51. The van der Waals surface area contributed by atoms with Crippen LogP contribution in [0.4, 0.5) is 24.5 Å². The molecule has 2 amide bonds. The normalized spacial score (nSPS) is 18.4. The van der Waals surface area contributed by atoms with Gasteiger partial charge in [-0.05, 0) is 73.6 Å². The number of nitrogens with one attached hydrogen (secondary N) is 2. The van der Waals surface area contributed by atoms with Crippen LogP contribution >= 0.6 is 0 Å². The number of ether oxygens (including phenoxy) is 1. The number of pyridine rings is 1. The van der Waals surface area contributed by atoms with Gasteiger partial charge in [-0.2, -0.15) is 18.3 Å². The van der Waals surface area contributed by atoms with Gasteiger partial charge in [-0.25, -0.2) is 9.97 Å². The maximum Gasteiger partial charge on any atom is 0.433 e. The van der Waals surface area contributed by atoms with E-state index in [2.05, 4.69) is 35.4 Å². The summed E-state index contributed by atoms with van der Waals surface area (Å²) in [5, 5.41) is 10.6. The number of carbonyl (C=O) groups is 2. The zero-order chi connectivity index (χ0) is 35.6. The molecule has 3 aromatic heterocycles. The van der Waals surface area contributed by atoms with Gasteiger partial charge < -0.3 is 19.9 Å². The van der Waals surface area contributed by atoms with E-state index in [9.17, 15) is 22.8 Å². The third-order valence-corrected chi connectivity index (χ3v) is 9.53. The Kier molecular flexibility index (Phi) is 9.40. The fraction of sp³-hybridized carbons (Fsp3) is 0.333. The topological polar surface area (TPSA) is 132 Å². The van der Waals surface area contributed by atoms with Gasteiger partial charge in [0.15, 0.2) is 5.82 Å². The average Bonchev–Trinajstić information content (AvgIpc) is 3.76. The molecule has 7 rings (SSSR count). The van der Waals surface area contributed by atoms with E-state index in [0.717, 1.165) is 23.5 Å². The number of fused-ring (bicyclic) bond motifs is 1. The van der Waals surface area contributed by atoms with Crippen LogP contribution in [0.15, 0.2) is 79.3 Å². The van der Waals surface area contributed by atoms with Crippen LogP contribution in [0.1, 0.15) is 12.1 Å². The molecule has 264 valence electrons. The highest BCUT2D eigenvalue weighted by molar-refractivity contribution is 6.00. The Morgan fingerprint density at radius 2 is 1.69 bits per heavy atom. The van der Waals surface area contributed by atoms with Crippen molar-refractivity contribution in [1.82, 2.24) is 34.9 Å². The third kappa shape index (κ3) is 7.25. The SMILES string of the molecule is COCC1(C(=O)Nc2ccc3[nH]nc(-c4ccnc(C(F)(F)F)c4)c3c2)CCN(CC(=O)N2CCN(c3ccc(-c4ncccn4)cc3)CC2)C1. The van der Waals surface area contributed by atoms with Crippen molar-refractivity contribution in [2.24, 2.45) is 5.41 Å². The predicted octanol–water partition coefficient (Wildman–Crippen LogP) is 4.73. The molecule has 2 aromatic carbocycles. The summed E-state index contributed by atoms with van der Waals surface area (Å²) in [4.78, 5) is 45.4. The van der Waals surface area contributed by atoms with Crippen LogP contribution in [0.5, 0.6) is 0 Å². The molecule has 0 radical (unpaired) electrons. The number of piperazine rings is 1. The van der Waals surface area contributed by atoms with Crippen LogP contribution in [-0.4, -0.2) is 106 Å². The Morgan fingerprint density at radius 1 is 0.922 bits per heavy atom. The molecule has 12 nitrogen and oxygen atoms in total. The molecule has 2 aliphatic rings. The van der Waals surface area contributed by atoms with Crippen LogP contribution in [0.25, 0.3) is 33.5 Å². The standard InChI is InChI=1S/C36H36F3N9O3/c1-51-23-35(34(50)43-26-5-8-29-28(20-26)32(45-44-29)25-9-13-40-30(19-25)36(37,38)39)10-14-46(22-35)21-31(49)48-17-15-47(16-18-48)27-6-3-24(4-7-27)33-41-11-2-12-42-33/h2-9,11-13,19-20H,10,14-18,21-23H2,1H3,(H,43,50)(H,44,45). The van der Waals surface area contributed by atoms with Crippen molar-refractivity contribution < 1.29 is 27.5 Å². The number of rotatable bonds is 9. The number of hydrogen-bond acceptors (Lipinski definition) is 9. The largest absolute Gasteiger partial charge is 0.433 e. The minimum absolute atomic E-state index is 0.0163. The Balaban J connectivity index is 0.965. The van der Waals surface area contributed by atoms with Crippen molar-refractivity contribution >= 4 is 34.1 Å². The van der Waals surface area contributed by atoms with Crippen molar-refractivity contribution in [1.29, 1.82) is 0 Å². The highest BCUT2D eigenvalue weighted by Crippen LogP contribution is 2.35. The maximum absolute atomic E-state index is 13.8. The molecular formula is C36H36F3N9O3. The maximum atomic E-state index is 13.8. The van der Waals surface area contributed by atoms with Gasteiger partial charge in [0, 0.05) is 86.3 Å². The molecule has 15 heteroatoms. The minimum atomic E-state index is -4.60. The number of anilines is 2. The van der Waals surface area contributed by atoms with Crippen LogP contribution in [-0.2, 0) is 20.5 Å². The van der Waals surface area contributed by atoms with Gasteiger partial charge >= 0.3 is 6.18 Å². The summed E-state index contributed by atoms with van der Waals surface area (Å²) >= 11 is 0. The summed E-state index contributed by atoms with van der Waals surface area (Å²) in [6.45, 7) is 3.84. The van der Waals surface area contributed by atoms with Crippen molar-refractivity contribution in [3.05, 3.63) is 84.9 Å². The van der Waals surface area contributed by atoms with Gasteiger partial charge in [0.05, 0.1) is 24.1 Å². The summed E-state index contributed by atoms with van der Waals surface area (Å²) in [6.07, 6.45) is 0.425. The van der Waals surface area contributed by atoms with Crippen molar-refractivity contribution in [3.8, 4) is 22.6 Å². The predicted molar refractivity (Wildman–Crippen MR) is 185 cm³/mol. The monoisotopic (exact) mass is 699 g/mol. The number of methoxy groups -OCH3 is 1. The molecule has 2 fully saturated rings. The first-order chi connectivity index (χ1) is 24.6. The fourth-order valence-corrected chi connectivity index (χ4v) is 6.82. The zero-order valence-electron chi connectivity index (χ0n) is 27.9. The van der Waals surface area contributed by atoms with Gasteiger partial charge in [-0.15, -0.1) is 0 Å². The molecule has 0 aliphatic carbocycles. The number of amides is 2. The molecule has 2 aliphatic heterocycles. The molecule has 5 heterocycles. The number of benzene rings is 2. The summed E-state index contributed by atoms with van der Waals surface area (Å²) < 4.78 is 45.5. The second-order valence-electron chi connectivity index (χ2n) is 12.9. The lowest BCUT2D eigenvalue weighted by Gasteiger charge is -2.37. The first-order valence-corrected chi connectivity index (χ1v) is 16.6. The minimum Gasteiger partial charge on any atom is -0.384 e. The van der Waals surface area contributed by atoms with Gasteiger partial charge in [-0.3, -0.25) is 24.6 Å². The molecule has 0 saturated carbocycles. The number of likely N-dealkylation sites (tertiary alicyclic amines) is 1. The molecule has 2 saturated heterocycles. The van der Waals surface area contributed by atoms with Gasteiger partial charge in [0.2, 0.25) is 11.8 Å². The summed E-state index contributed by atoms with van der Waals surface area (Å²) in [6, 6.07) is 17.4. The van der Waals surface area contributed by atoms with Gasteiger partial charge in [-0.1, -0.05) is 0 Å². The number of aromatic nitrogens is 5. The first kappa shape index (κ1) is 34.1. The first-order valence-electron chi connectivity index (χ1n) is 16.6.